The fourth-order valence-corrected chi connectivity index (χ4v) is 9.19. The van der Waals surface area contributed by atoms with Crippen LogP contribution in [0.25, 0.3) is 0 Å². The van der Waals surface area contributed by atoms with Gasteiger partial charge in [-0.1, -0.05) is 240 Å². The van der Waals surface area contributed by atoms with Gasteiger partial charge in [0.2, 0.25) is 5.91 Å². The van der Waals surface area contributed by atoms with Crippen LogP contribution >= 0.6 is 7.82 Å². The molecule has 10 heteroatoms. The summed E-state index contributed by atoms with van der Waals surface area (Å²) in [5.74, 6) is -0.530. The number of quaternary nitrogens is 1. The number of nitrogens with zero attached hydrogens (tertiary/aromatic N) is 1. The molecule has 0 bridgehead atoms. The molecule has 0 spiro atoms. The molecule has 0 heterocycles. The van der Waals surface area contributed by atoms with E-state index in [4.69, 9.17) is 13.8 Å². The third kappa shape index (κ3) is 55.7. The second-order valence-corrected chi connectivity index (χ2v) is 23.3. The van der Waals surface area contributed by atoms with Crippen LogP contribution in [0.3, 0.4) is 0 Å². The zero-order valence-corrected chi connectivity index (χ0v) is 50.9. The van der Waals surface area contributed by atoms with Crippen molar-refractivity contribution in [2.45, 2.75) is 270 Å². The molecule has 0 aliphatic carbocycles. The number of likely N-dealkylation sites (N-methyl/N-ethyl adjacent to an activating group) is 1. The standard InChI is InChI=1S/C66H117N2O7P/c1-7-10-13-16-19-22-25-27-28-29-30-31-32-33-34-35-36-37-38-39-40-41-44-46-49-52-55-58-65(69)67-63(62-74-76(71,72)73-61-60-68(4,5)6)64(57-54-51-48-45-43-26-23-20-17-14-11-8-2)75-66(70)59-56-53-50-47-42-24-21-18-15-12-9-3/h10,13,18-19,21-22,27-28,30-31,33-34,36-37,54,57,63-64H,7-9,11-12,14-17,20,23-26,29,32,35,38-53,55-56,58-62H2,1-6H3,(H-,67,69,71,72)/p+1/b13-10-,21-18-,22-19-,28-27-,31-30-,34-33-,37-36-,57-54-. The Morgan fingerprint density at radius 3 is 1.32 bits per heavy atom. The highest BCUT2D eigenvalue weighted by molar-refractivity contribution is 7.47. The number of hydrogen-bond acceptors (Lipinski definition) is 6. The molecule has 0 radical (unpaired) electrons. The number of carbonyl (C=O) groups excluding carboxylic acids is 2. The predicted octanol–water partition coefficient (Wildman–Crippen LogP) is 19.2. The molecule has 9 nitrogen and oxygen atoms in total. The highest BCUT2D eigenvalue weighted by Gasteiger charge is 2.30. The Labute approximate surface area is 468 Å². The third-order valence-electron chi connectivity index (χ3n) is 13.3. The van der Waals surface area contributed by atoms with Crippen molar-refractivity contribution in [1.82, 2.24) is 5.32 Å². The average molecular weight is 1080 g/mol. The second kappa shape index (κ2) is 55.3. The molecule has 1 amide bonds. The lowest BCUT2D eigenvalue weighted by molar-refractivity contribution is -0.870. The number of allylic oxidation sites excluding steroid dienone is 15. The average Bonchev–Trinajstić information content (AvgIpc) is 3.38. The summed E-state index contributed by atoms with van der Waals surface area (Å²) >= 11 is 0. The number of ether oxygens (including phenoxy) is 1. The Hall–Kier alpha value is -3.07. The maximum atomic E-state index is 13.5. The van der Waals surface area contributed by atoms with Gasteiger partial charge in [0.1, 0.15) is 19.3 Å². The molecule has 0 saturated heterocycles. The number of esters is 1. The van der Waals surface area contributed by atoms with Gasteiger partial charge >= 0.3 is 13.8 Å². The van der Waals surface area contributed by atoms with E-state index in [1.54, 1.807) is 0 Å². The SMILES string of the molecule is CC/C=C\C/C=C\C/C=C\C/C=C\C/C=C\C/C=C\CCCCCCCCCCC(=O)NC(COP(=O)(O)OCC[N+](C)(C)C)C(/C=C\CCCCCCCCCCCC)OC(=O)CCCCCCC/C=C\CCCC. The van der Waals surface area contributed by atoms with Crippen LogP contribution in [0.2, 0.25) is 0 Å². The molecule has 0 aromatic rings. The summed E-state index contributed by atoms with van der Waals surface area (Å²) in [4.78, 5) is 37.6. The Kier molecular flexibility index (Phi) is 53.0. The van der Waals surface area contributed by atoms with Crippen molar-refractivity contribution < 1.29 is 37.3 Å². The number of phosphoric acid groups is 1. The summed E-state index contributed by atoms with van der Waals surface area (Å²) in [5.41, 5.74) is 0. The van der Waals surface area contributed by atoms with E-state index in [9.17, 15) is 19.0 Å². The summed E-state index contributed by atoms with van der Waals surface area (Å²) in [6, 6.07) is -0.860. The normalized spacial score (nSPS) is 14.4. The molecule has 0 fully saturated rings. The predicted molar refractivity (Wildman–Crippen MR) is 327 cm³/mol. The van der Waals surface area contributed by atoms with E-state index >= 15 is 0 Å². The number of carbonyl (C=O) groups is 2. The minimum atomic E-state index is -4.45. The van der Waals surface area contributed by atoms with Gasteiger partial charge in [-0.2, -0.15) is 0 Å². The smallest absolute Gasteiger partial charge is 0.456 e. The molecule has 2 N–H and O–H groups in total. The fraction of sp³-hybridized carbons (Fsp3) is 0.727. The first-order valence-electron chi connectivity index (χ1n) is 31.1. The lowest BCUT2D eigenvalue weighted by Crippen LogP contribution is -2.47. The number of phosphoric ester groups is 1. The van der Waals surface area contributed by atoms with Crippen molar-refractivity contribution in [2.75, 3.05) is 40.9 Å². The van der Waals surface area contributed by atoms with Gasteiger partial charge in [-0.3, -0.25) is 18.6 Å². The first kappa shape index (κ1) is 72.9. The minimum Gasteiger partial charge on any atom is -0.456 e. The van der Waals surface area contributed by atoms with Crippen LogP contribution in [-0.2, 0) is 27.9 Å². The molecule has 0 saturated carbocycles. The molecular weight excluding hydrogens is 964 g/mol. The number of nitrogens with one attached hydrogen (secondary N) is 1. The maximum Gasteiger partial charge on any atom is 0.472 e. The highest BCUT2D eigenvalue weighted by atomic mass is 31.2. The molecule has 76 heavy (non-hydrogen) atoms. The summed E-state index contributed by atoms with van der Waals surface area (Å²) < 4.78 is 30.6. The Morgan fingerprint density at radius 1 is 0.474 bits per heavy atom. The quantitative estimate of drug-likeness (QED) is 0.0205. The van der Waals surface area contributed by atoms with Crippen molar-refractivity contribution in [2.24, 2.45) is 0 Å². The highest BCUT2D eigenvalue weighted by Crippen LogP contribution is 2.43. The third-order valence-corrected chi connectivity index (χ3v) is 14.2. The zero-order chi connectivity index (χ0) is 55.7. The lowest BCUT2D eigenvalue weighted by atomic mass is 10.0. The zero-order valence-electron chi connectivity index (χ0n) is 50.0. The molecule has 0 rings (SSSR count). The minimum absolute atomic E-state index is 0.0332. The number of hydrogen-bond donors (Lipinski definition) is 2. The van der Waals surface area contributed by atoms with Crippen LogP contribution in [0.1, 0.15) is 258 Å². The number of unbranched alkanes of at least 4 members (excludes halogenated alkanes) is 25. The van der Waals surface area contributed by atoms with E-state index in [0.717, 1.165) is 135 Å². The summed E-state index contributed by atoms with van der Waals surface area (Å²) in [6.45, 7) is 6.84. The molecule has 3 atom stereocenters. The molecule has 0 aliphatic heterocycles. The van der Waals surface area contributed by atoms with Crippen molar-refractivity contribution in [1.29, 1.82) is 0 Å². The molecule has 0 aromatic heterocycles. The van der Waals surface area contributed by atoms with Crippen LogP contribution in [0.5, 0.6) is 0 Å². The summed E-state index contributed by atoms with van der Waals surface area (Å²) in [7, 11) is 1.47. The Balaban J connectivity index is 5.10. The second-order valence-electron chi connectivity index (χ2n) is 21.8. The molecule has 438 valence electrons. The monoisotopic (exact) mass is 1080 g/mol. The van der Waals surface area contributed by atoms with Crippen LogP contribution < -0.4 is 5.32 Å². The lowest BCUT2D eigenvalue weighted by Gasteiger charge is -2.27. The van der Waals surface area contributed by atoms with E-state index in [0.29, 0.717) is 17.4 Å². The van der Waals surface area contributed by atoms with Gasteiger partial charge in [0, 0.05) is 12.8 Å². The van der Waals surface area contributed by atoms with Gasteiger partial charge in [0.15, 0.2) is 0 Å². The van der Waals surface area contributed by atoms with Gasteiger partial charge in [-0.15, -0.1) is 0 Å². The molecule has 0 aromatic carbocycles. The van der Waals surface area contributed by atoms with Crippen LogP contribution in [0.15, 0.2) is 97.2 Å². The Morgan fingerprint density at radius 2 is 0.855 bits per heavy atom. The Bertz CT molecular complexity index is 1620. The first-order chi connectivity index (χ1) is 36.9. The number of rotatable bonds is 55. The van der Waals surface area contributed by atoms with Crippen molar-refractivity contribution >= 4 is 19.7 Å². The van der Waals surface area contributed by atoms with Gasteiger partial charge in [0.05, 0.1) is 33.8 Å². The summed E-state index contributed by atoms with van der Waals surface area (Å²) in [5, 5.41) is 3.05. The van der Waals surface area contributed by atoms with Gasteiger partial charge in [-0.25, -0.2) is 4.57 Å². The first-order valence-corrected chi connectivity index (χ1v) is 32.6. The van der Waals surface area contributed by atoms with Gasteiger partial charge < -0.3 is 19.4 Å². The fourth-order valence-electron chi connectivity index (χ4n) is 8.45. The van der Waals surface area contributed by atoms with Gasteiger partial charge in [-0.05, 0) is 102 Å². The van der Waals surface area contributed by atoms with E-state index < -0.39 is 20.0 Å². The van der Waals surface area contributed by atoms with Crippen LogP contribution in [-0.4, -0.2) is 74.3 Å². The van der Waals surface area contributed by atoms with Crippen LogP contribution in [0, 0.1) is 0 Å². The van der Waals surface area contributed by atoms with E-state index in [2.05, 4.69) is 111 Å². The van der Waals surface area contributed by atoms with Crippen molar-refractivity contribution in [3.05, 3.63) is 97.2 Å². The van der Waals surface area contributed by atoms with E-state index in [1.807, 2.05) is 33.3 Å². The number of amides is 1. The largest absolute Gasteiger partial charge is 0.472 e. The van der Waals surface area contributed by atoms with Gasteiger partial charge in [0.25, 0.3) is 0 Å². The topological polar surface area (TPSA) is 111 Å². The summed E-state index contributed by atoms with van der Waals surface area (Å²) in [6.07, 6.45) is 74.1. The van der Waals surface area contributed by atoms with E-state index in [1.165, 1.54) is 89.9 Å². The van der Waals surface area contributed by atoms with Crippen molar-refractivity contribution in [3.63, 3.8) is 0 Å². The van der Waals surface area contributed by atoms with Crippen LogP contribution in [0.4, 0.5) is 0 Å². The molecule has 3 unspecified atom stereocenters. The van der Waals surface area contributed by atoms with Crippen molar-refractivity contribution in [3.8, 4) is 0 Å². The maximum absolute atomic E-state index is 13.5. The molecule has 0 aliphatic rings. The molecular formula is C66H118N2O7P+. The van der Waals surface area contributed by atoms with E-state index in [-0.39, 0.29) is 31.5 Å².